The van der Waals surface area contributed by atoms with Gasteiger partial charge < -0.3 is 14.5 Å². The summed E-state index contributed by atoms with van der Waals surface area (Å²) >= 11 is 7.62. The van der Waals surface area contributed by atoms with Crippen LogP contribution < -0.4 is 4.74 Å². The SMILES string of the molecule is COc1ccc(Cl)c(C(=O)N2CCc3nc(C(=O)N(C)C)sc3CC2)c1. The first-order valence-corrected chi connectivity index (χ1v) is 9.43. The summed E-state index contributed by atoms with van der Waals surface area (Å²) in [7, 11) is 4.99. The van der Waals surface area contributed by atoms with Gasteiger partial charge in [0.15, 0.2) is 5.01 Å². The molecule has 6 nitrogen and oxygen atoms in total. The highest BCUT2D eigenvalue weighted by molar-refractivity contribution is 7.13. The van der Waals surface area contributed by atoms with Gasteiger partial charge in [0.2, 0.25) is 0 Å². The van der Waals surface area contributed by atoms with Gasteiger partial charge in [-0.25, -0.2) is 4.98 Å². The lowest BCUT2D eigenvalue weighted by molar-refractivity contribution is 0.0761. The second kappa shape index (κ2) is 7.63. The third-order valence-corrected chi connectivity index (χ3v) is 5.76. The molecule has 0 saturated heterocycles. The number of methoxy groups -OCH3 is 1. The second-order valence-corrected chi connectivity index (χ2v) is 7.72. The minimum Gasteiger partial charge on any atom is -0.497 e. The van der Waals surface area contributed by atoms with Crippen LogP contribution in [0.5, 0.6) is 5.75 Å². The van der Waals surface area contributed by atoms with E-state index in [0.717, 1.165) is 10.6 Å². The molecule has 0 radical (unpaired) electrons. The van der Waals surface area contributed by atoms with Crippen LogP contribution in [-0.2, 0) is 12.8 Å². The molecule has 8 heteroatoms. The first-order chi connectivity index (χ1) is 12.4. The number of halogens is 1. The van der Waals surface area contributed by atoms with Crippen molar-refractivity contribution in [3.05, 3.63) is 44.4 Å². The molecule has 1 aromatic carbocycles. The van der Waals surface area contributed by atoms with E-state index in [1.165, 1.54) is 16.2 Å². The first kappa shape index (κ1) is 18.7. The van der Waals surface area contributed by atoms with E-state index in [1.807, 2.05) is 0 Å². The smallest absolute Gasteiger partial charge is 0.282 e. The van der Waals surface area contributed by atoms with Crippen molar-refractivity contribution in [1.29, 1.82) is 0 Å². The Labute approximate surface area is 161 Å². The molecule has 0 unspecified atom stereocenters. The number of ether oxygens (including phenoxy) is 1. The van der Waals surface area contributed by atoms with Crippen LogP contribution in [0, 0.1) is 0 Å². The minimum atomic E-state index is -0.117. The van der Waals surface area contributed by atoms with Crippen molar-refractivity contribution in [2.24, 2.45) is 0 Å². The number of aromatic nitrogens is 1. The predicted molar refractivity (Wildman–Crippen MR) is 101 cm³/mol. The van der Waals surface area contributed by atoms with E-state index in [1.54, 1.807) is 44.3 Å². The van der Waals surface area contributed by atoms with Crippen molar-refractivity contribution in [3.8, 4) is 5.75 Å². The molecule has 0 aliphatic carbocycles. The summed E-state index contributed by atoms with van der Waals surface area (Å²) in [6.07, 6.45) is 1.31. The molecule has 2 heterocycles. The Morgan fingerprint density at radius 2 is 2.00 bits per heavy atom. The Hall–Kier alpha value is -2.12. The molecule has 138 valence electrons. The van der Waals surface area contributed by atoms with E-state index in [4.69, 9.17) is 16.3 Å². The van der Waals surface area contributed by atoms with Gasteiger partial charge in [0.05, 0.1) is 23.4 Å². The third-order valence-electron chi connectivity index (χ3n) is 4.29. The van der Waals surface area contributed by atoms with Crippen LogP contribution >= 0.6 is 22.9 Å². The van der Waals surface area contributed by atoms with Gasteiger partial charge in [-0.2, -0.15) is 0 Å². The van der Waals surface area contributed by atoms with Crippen LogP contribution in [0.25, 0.3) is 0 Å². The van der Waals surface area contributed by atoms with Crippen molar-refractivity contribution in [2.75, 3.05) is 34.3 Å². The normalized spacial score (nSPS) is 13.8. The Morgan fingerprint density at radius 3 is 2.69 bits per heavy atom. The van der Waals surface area contributed by atoms with E-state index in [9.17, 15) is 9.59 Å². The fourth-order valence-electron chi connectivity index (χ4n) is 2.81. The average Bonchev–Trinajstić information content (AvgIpc) is 2.94. The maximum atomic E-state index is 12.9. The number of carbonyl (C=O) groups is 2. The van der Waals surface area contributed by atoms with Crippen LogP contribution in [0.4, 0.5) is 0 Å². The van der Waals surface area contributed by atoms with E-state index in [-0.39, 0.29) is 11.8 Å². The van der Waals surface area contributed by atoms with Crippen LogP contribution in [0.15, 0.2) is 18.2 Å². The summed E-state index contributed by atoms with van der Waals surface area (Å²) in [6, 6.07) is 5.06. The quantitative estimate of drug-likeness (QED) is 0.804. The molecule has 0 atom stereocenters. The largest absolute Gasteiger partial charge is 0.497 e. The number of amides is 2. The Morgan fingerprint density at radius 1 is 1.27 bits per heavy atom. The highest BCUT2D eigenvalue weighted by Crippen LogP contribution is 2.27. The van der Waals surface area contributed by atoms with Crippen LogP contribution in [0.2, 0.25) is 5.02 Å². The molecule has 0 spiro atoms. The molecule has 3 rings (SSSR count). The number of hydrogen-bond donors (Lipinski definition) is 0. The zero-order valence-corrected chi connectivity index (χ0v) is 16.5. The predicted octanol–water partition coefficient (Wildman–Crippen LogP) is 2.75. The highest BCUT2D eigenvalue weighted by Gasteiger charge is 2.25. The maximum absolute atomic E-state index is 12.9. The van der Waals surface area contributed by atoms with Crippen molar-refractivity contribution < 1.29 is 14.3 Å². The number of benzene rings is 1. The molecule has 0 N–H and O–H groups in total. The summed E-state index contributed by atoms with van der Waals surface area (Å²) in [4.78, 5) is 33.8. The molecular weight excluding hydrogens is 374 g/mol. The van der Waals surface area contributed by atoms with Gasteiger partial charge in [-0.15, -0.1) is 11.3 Å². The maximum Gasteiger partial charge on any atom is 0.282 e. The van der Waals surface area contributed by atoms with Gasteiger partial charge in [-0.05, 0) is 18.2 Å². The van der Waals surface area contributed by atoms with Crippen LogP contribution in [0.3, 0.4) is 0 Å². The Balaban J connectivity index is 1.76. The fourth-order valence-corrected chi connectivity index (χ4v) is 4.13. The lowest BCUT2D eigenvalue weighted by Gasteiger charge is -2.21. The minimum absolute atomic E-state index is 0.0841. The molecule has 2 aromatic rings. The number of fused-ring (bicyclic) bond motifs is 1. The summed E-state index contributed by atoms with van der Waals surface area (Å²) in [5.74, 6) is 0.396. The standard InChI is InChI=1S/C18H20ClN3O3S/c1-21(2)18(24)16-20-14-6-8-22(9-7-15(14)26-16)17(23)12-10-11(25-3)4-5-13(12)19/h4-5,10H,6-9H2,1-3H3. The zero-order valence-electron chi connectivity index (χ0n) is 14.9. The molecule has 2 amide bonds. The van der Waals surface area contributed by atoms with Gasteiger partial charge in [-0.1, -0.05) is 11.6 Å². The average molecular weight is 394 g/mol. The number of rotatable bonds is 3. The molecule has 26 heavy (non-hydrogen) atoms. The molecule has 0 bridgehead atoms. The van der Waals surface area contributed by atoms with Gasteiger partial charge in [-0.3, -0.25) is 9.59 Å². The van der Waals surface area contributed by atoms with Gasteiger partial charge in [0.25, 0.3) is 11.8 Å². The van der Waals surface area contributed by atoms with Crippen molar-refractivity contribution >= 4 is 34.8 Å². The zero-order chi connectivity index (χ0) is 18.8. The molecule has 0 saturated carbocycles. The van der Waals surface area contributed by atoms with E-state index < -0.39 is 0 Å². The van der Waals surface area contributed by atoms with Gasteiger partial charge in [0.1, 0.15) is 5.75 Å². The Kier molecular flexibility index (Phi) is 5.48. The molecule has 1 aromatic heterocycles. The number of hydrogen-bond acceptors (Lipinski definition) is 5. The third kappa shape index (κ3) is 3.68. The van der Waals surface area contributed by atoms with Crippen LogP contribution in [0.1, 0.15) is 30.7 Å². The summed E-state index contributed by atoms with van der Waals surface area (Å²) in [5.41, 5.74) is 1.35. The topological polar surface area (TPSA) is 62.7 Å². The van der Waals surface area contributed by atoms with Gasteiger partial charge in [0, 0.05) is 44.9 Å². The molecule has 1 aliphatic heterocycles. The first-order valence-electron chi connectivity index (χ1n) is 8.23. The fraction of sp³-hybridized carbons (Fsp3) is 0.389. The number of carbonyl (C=O) groups excluding carboxylic acids is 2. The van der Waals surface area contributed by atoms with E-state index >= 15 is 0 Å². The number of nitrogens with zero attached hydrogens (tertiary/aromatic N) is 3. The summed E-state index contributed by atoms with van der Waals surface area (Å²) in [6.45, 7) is 1.11. The lowest BCUT2D eigenvalue weighted by Crippen LogP contribution is -2.33. The lowest BCUT2D eigenvalue weighted by atomic mass is 10.1. The number of thiazole rings is 1. The van der Waals surface area contributed by atoms with Crippen molar-refractivity contribution in [2.45, 2.75) is 12.8 Å². The molecular formula is C18H20ClN3O3S. The monoisotopic (exact) mass is 393 g/mol. The second-order valence-electron chi connectivity index (χ2n) is 6.23. The Bertz CT molecular complexity index is 825. The van der Waals surface area contributed by atoms with E-state index in [0.29, 0.717) is 47.3 Å². The van der Waals surface area contributed by atoms with Crippen molar-refractivity contribution in [3.63, 3.8) is 0 Å². The van der Waals surface area contributed by atoms with Crippen LogP contribution in [-0.4, -0.2) is 60.9 Å². The van der Waals surface area contributed by atoms with Gasteiger partial charge >= 0.3 is 0 Å². The van der Waals surface area contributed by atoms with E-state index in [2.05, 4.69) is 4.98 Å². The summed E-state index contributed by atoms with van der Waals surface area (Å²) < 4.78 is 5.19. The molecule has 1 aliphatic rings. The molecule has 0 fully saturated rings. The summed E-state index contributed by atoms with van der Waals surface area (Å²) in [5, 5.41) is 0.919. The van der Waals surface area contributed by atoms with Crippen molar-refractivity contribution in [1.82, 2.24) is 14.8 Å². The highest BCUT2D eigenvalue weighted by atomic mass is 35.5.